The molecule has 0 saturated carbocycles. The van der Waals surface area contributed by atoms with Gasteiger partial charge in [-0.15, -0.1) is 0 Å². The van der Waals surface area contributed by atoms with E-state index in [2.05, 4.69) is 5.32 Å². The van der Waals surface area contributed by atoms with Crippen molar-refractivity contribution in [2.45, 2.75) is 37.8 Å². The maximum atomic E-state index is 12.5. The molecule has 0 spiro atoms. The molecule has 1 aromatic carbocycles. The Morgan fingerprint density at radius 1 is 1.29 bits per heavy atom. The van der Waals surface area contributed by atoms with Crippen molar-refractivity contribution in [1.29, 1.82) is 0 Å². The molecule has 2 aliphatic rings. The number of nitrogens with one attached hydrogen (secondary N) is 1. The molecule has 7 nitrogen and oxygen atoms in total. The van der Waals surface area contributed by atoms with Crippen LogP contribution in [0.1, 0.15) is 40.5 Å². The van der Waals surface area contributed by atoms with E-state index >= 15 is 0 Å². The number of hydrogen-bond acceptors (Lipinski definition) is 6. The minimum absolute atomic E-state index is 0.250. The van der Waals surface area contributed by atoms with Crippen LogP contribution in [0, 0.1) is 0 Å². The minimum atomic E-state index is -1.19. The molecule has 3 unspecified atom stereocenters. The van der Waals surface area contributed by atoms with E-state index in [1.807, 2.05) is 0 Å². The van der Waals surface area contributed by atoms with Crippen molar-refractivity contribution in [2.75, 3.05) is 5.73 Å². The van der Waals surface area contributed by atoms with Crippen molar-refractivity contribution in [3.05, 3.63) is 29.3 Å². The summed E-state index contributed by atoms with van der Waals surface area (Å²) in [5.41, 5.74) is 5.49. The average molecular weight is 291 g/mol. The third kappa shape index (κ3) is 1.93. The molecule has 0 radical (unpaired) electrons. The molecule has 3 atom stereocenters. The summed E-state index contributed by atoms with van der Waals surface area (Å²) in [5, 5.41) is 22.3. The van der Waals surface area contributed by atoms with E-state index in [1.54, 1.807) is 13.0 Å². The highest BCUT2D eigenvalue weighted by molar-refractivity contribution is 6.22. The van der Waals surface area contributed by atoms with Crippen molar-refractivity contribution in [3.8, 4) is 0 Å². The van der Waals surface area contributed by atoms with Crippen molar-refractivity contribution in [2.24, 2.45) is 0 Å². The summed E-state index contributed by atoms with van der Waals surface area (Å²) < 4.78 is 0. The third-order valence-corrected chi connectivity index (χ3v) is 4.28. The number of aliphatic hydroxyl groups is 2. The van der Waals surface area contributed by atoms with Gasteiger partial charge in [0.05, 0.1) is 16.7 Å². The quantitative estimate of drug-likeness (QED) is 0.415. The second kappa shape index (κ2) is 4.52. The largest absolute Gasteiger partial charge is 0.399 e. The maximum absolute atomic E-state index is 12.5. The molecular formula is C14H17N3O4. The van der Waals surface area contributed by atoms with Crippen LogP contribution in [0.25, 0.3) is 0 Å². The Balaban J connectivity index is 2.01. The normalized spacial score (nSPS) is 32.4. The fourth-order valence-electron chi connectivity index (χ4n) is 2.97. The molecule has 2 heterocycles. The molecular weight excluding hydrogens is 274 g/mol. The second-order valence-corrected chi connectivity index (χ2v) is 5.73. The van der Waals surface area contributed by atoms with Crippen LogP contribution in [0.15, 0.2) is 18.2 Å². The number of nitrogen functional groups attached to an aromatic ring is 1. The van der Waals surface area contributed by atoms with Gasteiger partial charge in [-0.3, -0.25) is 19.8 Å². The van der Waals surface area contributed by atoms with Crippen molar-refractivity contribution in [3.63, 3.8) is 0 Å². The van der Waals surface area contributed by atoms with Crippen molar-refractivity contribution in [1.82, 2.24) is 10.2 Å². The number of benzene rings is 1. The summed E-state index contributed by atoms with van der Waals surface area (Å²) in [6, 6.07) is 4.55. The molecule has 0 bridgehead atoms. The number of piperidine rings is 1. The highest BCUT2D eigenvalue weighted by atomic mass is 16.3. The number of carbonyl (C=O) groups excluding carboxylic acids is 2. The number of nitrogens with two attached hydrogens (primary N) is 1. The van der Waals surface area contributed by atoms with Crippen molar-refractivity contribution < 1.29 is 19.8 Å². The van der Waals surface area contributed by atoms with Crippen LogP contribution in [-0.4, -0.2) is 44.9 Å². The fourth-order valence-corrected chi connectivity index (χ4v) is 2.97. The first-order chi connectivity index (χ1) is 9.84. The summed E-state index contributed by atoms with van der Waals surface area (Å²) >= 11 is 0. The number of fused-ring (bicyclic) bond motifs is 1. The molecule has 5 N–H and O–H groups in total. The van der Waals surface area contributed by atoms with E-state index in [4.69, 9.17) is 5.73 Å². The van der Waals surface area contributed by atoms with E-state index in [-0.39, 0.29) is 11.1 Å². The van der Waals surface area contributed by atoms with Crippen LogP contribution in [0.3, 0.4) is 0 Å². The van der Waals surface area contributed by atoms with E-state index in [0.29, 0.717) is 18.5 Å². The molecule has 1 fully saturated rings. The fraction of sp³-hybridized carbons (Fsp3) is 0.429. The van der Waals surface area contributed by atoms with Gasteiger partial charge in [-0.05, 0) is 38.0 Å². The lowest BCUT2D eigenvalue weighted by Gasteiger charge is -2.45. The third-order valence-electron chi connectivity index (χ3n) is 4.28. The van der Waals surface area contributed by atoms with Gasteiger partial charge in [-0.1, -0.05) is 0 Å². The zero-order valence-electron chi connectivity index (χ0n) is 11.5. The number of nitrogens with zero attached hydrogens (tertiary/aromatic N) is 1. The monoisotopic (exact) mass is 291 g/mol. The van der Waals surface area contributed by atoms with Gasteiger partial charge in [0.25, 0.3) is 11.8 Å². The number of hydrogen-bond donors (Lipinski definition) is 4. The Kier molecular flexibility index (Phi) is 3.01. The van der Waals surface area contributed by atoms with Gasteiger partial charge in [0.2, 0.25) is 0 Å². The zero-order valence-corrected chi connectivity index (χ0v) is 11.5. The number of rotatable bonds is 1. The first kappa shape index (κ1) is 14.0. The van der Waals surface area contributed by atoms with Gasteiger partial charge in [0.15, 0.2) is 0 Å². The van der Waals surface area contributed by atoms with Crippen LogP contribution in [0.5, 0.6) is 0 Å². The maximum Gasteiger partial charge on any atom is 0.262 e. The lowest BCUT2D eigenvalue weighted by molar-refractivity contribution is -0.0827. The molecule has 2 aliphatic heterocycles. The molecule has 0 aliphatic carbocycles. The molecule has 0 aromatic heterocycles. The van der Waals surface area contributed by atoms with Crippen molar-refractivity contribution >= 4 is 17.5 Å². The number of carbonyl (C=O) groups is 2. The summed E-state index contributed by atoms with van der Waals surface area (Å²) in [7, 11) is 0. The predicted octanol–water partition coefficient (Wildman–Crippen LogP) is -0.356. The average Bonchev–Trinajstić information content (AvgIpc) is 2.67. The Morgan fingerprint density at radius 2 is 1.95 bits per heavy atom. The standard InChI is InChI=1S/C14H17N3O4/c1-14(5-4-10(18)16-13(14)21)17-11(19)8-3-2-7(15)6-9(8)12(17)20/h2-3,6,10,13,16,18,21H,4-5,15H2,1H3. The Labute approximate surface area is 121 Å². The Bertz CT molecular complexity index is 633. The van der Waals surface area contributed by atoms with E-state index in [0.717, 1.165) is 4.90 Å². The number of imide groups is 1. The topological polar surface area (TPSA) is 116 Å². The van der Waals surface area contributed by atoms with E-state index < -0.39 is 29.8 Å². The van der Waals surface area contributed by atoms with E-state index in [1.165, 1.54) is 12.1 Å². The zero-order chi connectivity index (χ0) is 15.4. The summed E-state index contributed by atoms with van der Waals surface area (Å²) in [4.78, 5) is 26.1. The molecule has 1 aromatic rings. The van der Waals surface area contributed by atoms with Crippen LogP contribution >= 0.6 is 0 Å². The lowest BCUT2D eigenvalue weighted by atomic mass is 9.87. The number of anilines is 1. The summed E-state index contributed by atoms with van der Waals surface area (Å²) in [5.74, 6) is -0.920. The van der Waals surface area contributed by atoms with Gasteiger partial charge in [-0.25, -0.2) is 0 Å². The molecule has 7 heteroatoms. The second-order valence-electron chi connectivity index (χ2n) is 5.73. The molecule has 3 rings (SSSR count). The molecule has 1 saturated heterocycles. The predicted molar refractivity (Wildman–Crippen MR) is 74.1 cm³/mol. The Hall–Kier alpha value is -1.96. The highest BCUT2D eigenvalue weighted by Crippen LogP contribution is 2.36. The first-order valence-corrected chi connectivity index (χ1v) is 6.75. The van der Waals surface area contributed by atoms with Gasteiger partial charge in [0, 0.05) is 5.69 Å². The van der Waals surface area contributed by atoms with Gasteiger partial charge in [-0.2, -0.15) is 0 Å². The highest BCUT2D eigenvalue weighted by Gasteiger charge is 2.52. The van der Waals surface area contributed by atoms with Gasteiger partial charge < -0.3 is 15.9 Å². The van der Waals surface area contributed by atoms with Crippen LogP contribution in [-0.2, 0) is 0 Å². The molecule has 21 heavy (non-hydrogen) atoms. The smallest absolute Gasteiger partial charge is 0.262 e. The number of aliphatic hydroxyl groups excluding tert-OH is 2. The summed E-state index contributed by atoms with van der Waals surface area (Å²) in [6.45, 7) is 1.63. The van der Waals surface area contributed by atoms with Crippen LogP contribution < -0.4 is 11.1 Å². The van der Waals surface area contributed by atoms with Crippen LogP contribution in [0.4, 0.5) is 5.69 Å². The van der Waals surface area contributed by atoms with Crippen LogP contribution in [0.2, 0.25) is 0 Å². The summed E-state index contributed by atoms with van der Waals surface area (Å²) in [6.07, 6.45) is -1.40. The number of amides is 2. The molecule has 112 valence electrons. The lowest BCUT2D eigenvalue weighted by Crippen LogP contribution is -2.66. The minimum Gasteiger partial charge on any atom is -0.399 e. The van der Waals surface area contributed by atoms with Gasteiger partial charge >= 0.3 is 0 Å². The first-order valence-electron chi connectivity index (χ1n) is 6.75. The van der Waals surface area contributed by atoms with E-state index in [9.17, 15) is 19.8 Å². The molecule has 2 amide bonds. The Morgan fingerprint density at radius 3 is 2.62 bits per heavy atom. The SMILES string of the molecule is CC1(N2C(=O)c3ccc(N)cc3C2=O)CCC(O)NC1O. The van der Waals surface area contributed by atoms with Gasteiger partial charge in [0.1, 0.15) is 12.5 Å².